The molecule has 0 saturated heterocycles. The molecule has 4 aromatic rings. The summed E-state index contributed by atoms with van der Waals surface area (Å²) in [6.07, 6.45) is 11.2. The minimum Gasteiger partial charge on any atom is -0.462 e. The molecule has 0 atom stereocenters. The van der Waals surface area contributed by atoms with Crippen molar-refractivity contribution in [3.8, 4) is 5.75 Å². The van der Waals surface area contributed by atoms with Gasteiger partial charge in [0.25, 0.3) is 0 Å². The smallest absolute Gasteiger partial charge is 0.338 e. The molecular weight excluding hydrogens is 695 g/mol. The number of anilines is 3. The number of para-hydroxylation sites is 2. The Balaban J connectivity index is 1.33. The highest BCUT2D eigenvalue weighted by molar-refractivity contribution is 6.03. The molecule has 1 aliphatic carbocycles. The van der Waals surface area contributed by atoms with Crippen molar-refractivity contribution in [3.63, 3.8) is 0 Å². The van der Waals surface area contributed by atoms with E-state index in [1.165, 1.54) is 16.8 Å². The predicted molar refractivity (Wildman–Crippen MR) is 227 cm³/mol. The Morgan fingerprint density at radius 1 is 0.804 bits per heavy atom. The molecule has 0 unspecified atom stereocenters. The second kappa shape index (κ2) is 15.3. The van der Waals surface area contributed by atoms with Crippen LogP contribution in [0.3, 0.4) is 0 Å². The Labute approximate surface area is 331 Å². The van der Waals surface area contributed by atoms with Gasteiger partial charge >= 0.3 is 11.9 Å². The number of carbonyl (C=O) groups is 2. The minimum atomic E-state index is -0.341. The number of ether oxygens (including phenoxy) is 2. The van der Waals surface area contributed by atoms with Gasteiger partial charge in [0.2, 0.25) is 5.69 Å². The molecule has 0 saturated carbocycles. The van der Waals surface area contributed by atoms with Crippen LogP contribution in [0.5, 0.6) is 5.75 Å². The van der Waals surface area contributed by atoms with Crippen molar-refractivity contribution in [1.82, 2.24) is 0 Å². The zero-order chi connectivity index (χ0) is 39.8. The summed E-state index contributed by atoms with van der Waals surface area (Å²) in [5.41, 5.74) is 12.5. The van der Waals surface area contributed by atoms with E-state index in [4.69, 9.17) is 9.47 Å². The number of esters is 2. The van der Waals surface area contributed by atoms with Crippen molar-refractivity contribution in [2.45, 2.75) is 71.6 Å². The highest BCUT2D eigenvalue weighted by Gasteiger charge is 2.44. The molecule has 2 heterocycles. The van der Waals surface area contributed by atoms with Crippen LogP contribution in [0.4, 0.5) is 22.7 Å². The fourth-order valence-corrected chi connectivity index (χ4v) is 8.50. The second-order valence-electron chi connectivity index (χ2n) is 15.7. The number of hydrogen-bond acceptors (Lipinski definition) is 6. The molecule has 0 bridgehead atoms. The number of carbonyl (C=O) groups excluding carboxylic acids is 2. The van der Waals surface area contributed by atoms with E-state index < -0.39 is 0 Å². The van der Waals surface area contributed by atoms with Gasteiger partial charge in [-0.05, 0) is 111 Å². The van der Waals surface area contributed by atoms with Crippen LogP contribution in [0.15, 0.2) is 144 Å². The van der Waals surface area contributed by atoms with Crippen molar-refractivity contribution in [2.24, 2.45) is 0 Å². The normalized spacial score (nSPS) is 18.2. The molecular formula is C49H52N3O4+. The highest BCUT2D eigenvalue weighted by Crippen LogP contribution is 2.48. The molecule has 7 heteroatoms. The van der Waals surface area contributed by atoms with Crippen molar-refractivity contribution >= 4 is 40.4 Å². The lowest BCUT2D eigenvalue weighted by Gasteiger charge is -2.29. The number of rotatable bonds is 10. The molecule has 4 aromatic carbocycles. The van der Waals surface area contributed by atoms with E-state index in [0.29, 0.717) is 24.3 Å². The molecule has 0 aromatic heterocycles. The van der Waals surface area contributed by atoms with E-state index >= 15 is 0 Å². The van der Waals surface area contributed by atoms with Gasteiger partial charge in [0.05, 0.1) is 23.3 Å². The Morgan fingerprint density at radius 2 is 1.48 bits per heavy atom. The largest absolute Gasteiger partial charge is 0.462 e. The number of benzene rings is 4. The summed E-state index contributed by atoms with van der Waals surface area (Å²) in [4.78, 5) is 29.5. The van der Waals surface area contributed by atoms with Gasteiger partial charge in [0.1, 0.15) is 12.8 Å². The number of hydrogen-bond donors (Lipinski definition) is 0. The van der Waals surface area contributed by atoms with Crippen molar-refractivity contribution in [1.29, 1.82) is 0 Å². The van der Waals surface area contributed by atoms with Crippen LogP contribution in [0.25, 0.3) is 0 Å². The van der Waals surface area contributed by atoms with Crippen LogP contribution in [-0.4, -0.2) is 42.9 Å². The minimum absolute atomic E-state index is 0.240. The Hall–Kier alpha value is -5.95. The number of likely N-dealkylation sites (N-methyl/N-ethyl adjacent to an activating group) is 1. The highest BCUT2D eigenvalue weighted by atomic mass is 16.5. The maximum Gasteiger partial charge on any atom is 0.338 e. The molecule has 7 rings (SSSR count). The van der Waals surface area contributed by atoms with Crippen molar-refractivity contribution < 1.29 is 23.6 Å². The maximum absolute atomic E-state index is 12.7. The third-order valence-corrected chi connectivity index (χ3v) is 11.5. The third-order valence-electron chi connectivity index (χ3n) is 11.5. The SMILES string of the molecule is CCOC(=O)c1ccc2c(c1)C(C)(C)/C(=C\C=C1/CCC(/C=C/C3=[N+](C)c4ccc(OC(=O)CC)cc4C3(C)C)=C1N(c1ccccc1)c1ccccc1)N2C. The van der Waals surface area contributed by atoms with Gasteiger partial charge in [0, 0.05) is 59.3 Å². The first-order valence-corrected chi connectivity index (χ1v) is 19.6. The van der Waals surface area contributed by atoms with Crippen molar-refractivity contribution in [2.75, 3.05) is 30.5 Å². The summed E-state index contributed by atoms with van der Waals surface area (Å²) in [6, 6.07) is 33.0. The topological polar surface area (TPSA) is 62.1 Å². The lowest BCUT2D eigenvalue weighted by Crippen LogP contribution is -2.26. The van der Waals surface area contributed by atoms with Gasteiger partial charge in [-0.1, -0.05) is 69.3 Å². The van der Waals surface area contributed by atoms with Gasteiger partial charge in [0.15, 0.2) is 5.71 Å². The van der Waals surface area contributed by atoms with Crippen LogP contribution >= 0.6 is 0 Å². The number of fused-ring (bicyclic) bond motifs is 2. The third kappa shape index (κ3) is 6.91. The monoisotopic (exact) mass is 746 g/mol. The standard InChI is InChI=1S/C49H52N3O4/c1-9-45(53)56-38-26-28-42-40(32-38)49(5,6)44(51(42)8)30-25-34-22-21-33(46(34)52(36-17-13-11-14-18-36)37-19-15-12-16-20-37)24-29-43-48(3,4)39-31-35(47(54)55-10-2)23-27-41(39)50(43)7/h11-20,23-32H,9-10,21-22H2,1-8H3/q+1. The Kier molecular flexibility index (Phi) is 10.5. The van der Waals surface area contributed by atoms with Crippen LogP contribution in [0, 0.1) is 0 Å². The summed E-state index contributed by atoms with van der Waals surface area (Å²) in [5, 5.41) is 0. The van der Waals surface area contributed by atoms with E-state index in [9.17, 15) is 9.59 Å². The molecule has 0 N–H and O–H groups in total. The first kappa shape index (κ1) is 38.3. The average molecular weight is 747 g/mol. The molecule has 0 spiro atoms. The fraction of sp³-hybridized carbons (Fsp3) is 0.286. The second-order valence-corrected chi connectivity index (χ2v) is 15.7. The van der Waals surface area contributed by atoms with E-state index in [2.05, 4.69) is 147 Å². The summed E-state index contributed by atoms with van der Waals surface area (Å²) in [6.45, 7) is 12.9. The van der Waals surface area contributed by atoms with Gasteiger partial charge in [-0.15, -0.1) is 0 Å². The van der Waals surface area contributed by atoms with Gasteiger partial charge < -0.3 is 19.3 Å². The van der Waals surface area contributed by atoms with Crippen LogP contribution in [-0.2, 0) is 20.4 Å². The molecule has 7 nitrogen and oxygen atoms in total. The predicted octanol–water partition coefficient (Wildman–Crippen LogP) is 10.9. The van der Waals surface area contributed by atoms with E-state index in [-0.39, 0.29) is 22.8 Å². The van der Waals surface area contributed by atoms with Gasteiger partial charge in [-0.25, -0.2) is 4.79 Å². The molecule has 56 heavy (non-hydrogen) atoms. The fourth-order valence-electron chi connectivity index (χ4n) is 8.50. The zero-order valence-corrected chi connectivity index (χ0v) is 33.9. The molecule has 286 valence electrons. The lowest BCUT2D eigenvalue weighted by atomic mass is 9.81. The molecule has 2 aliphatic heterocycles. The number of allylic oxidation sites excluding steroid dienone is 7. The average Bonchev–Trinajstić information content (AvgIpc) is 3.74. The molecule has 0 radical (unpaired) electrons. The van der Waals surface area contributed by atoms with E-state index in [1.807, 2.05) is 37.3 Å². The van der Waals surface area contributed by atoms with Crippen LogP contribution < -0.4 is 14.5 Å². The van der Waals surface area contributed by atoms with Gasteiger partial charge in [-0.3, -0.25) is 4.79 Å². The van der Waals surface area contributed by atoms with Gasteiger partial charge in [-0.2, -0.15) is 4.58 Å². The molecule has 0 fully saturated rings. The zero-order valence-electron chi connectivity index (χ0n) is 33.9. The number of nitrogens with zero attached hydrogens (tertiary/aromatic N) is 3. The van der Waals surface area contributed by atoms with Crippen LogP contribution in [0.1, 0.15) is 82.3 Å². The van der Waals surface area contributed by atoms with Crippen LogP contribution in [0.2, 0.25) is 0 Å². The molecule has 3 aliphatic rings. The Bertz CT molecular complexity index is 2310. The maximum atomic E-state index is 12.7. The van der Waals surface area contributed by atoms with Crippen molar-refractivity contribution in [3.05, 3.63) is 161 Å². The molecule has 0 amide bonds. The van der Waals surface area contributed by atoms with E-state index in [1.54, 1.807) is 6.92 Å². The summed E-state index contributed by atoms with van der Waals surface area (Å²) < 4.78 is 13.2. The summed E-state index contributed by atoms with van der Waals surface area (Å²) in [5.74, 6) is 0.0376. The first-order chi connectivity index (χ1) is 26.9. The Morgan fingerprint density at radius 3 is 2.12 bits per heavy atom. The quantitative estimate of drug-likeness (QED) is 0.0915. The summed E-state index contributed by atoms with van der Waals surface area (Å²) >= 11 is 0. The summed E-state index contributed by atoms with van der Waals surface area (Å²) in [7, 11) is 4.22. The first-order valence-electron chi connectivity index (χ1n) is 19.6. The lowest BCUT2D eigenvalue weighted by molar-refractivity contribution is -0.401. The van der Waals surface area contributed by atoms with E-state index in [0.717, 1.165) is 58.1 Å².